The molecule has 0 heterocycles. The van der Waals surface area contributed by atoms with Gasteiger partial charge in [0.25, 0.3) is 0 Å². The van der Waals surface area contributed by atoms with Gasteiger partial charge < -0.3 is 4.74 Å². The molecule has 2 aromatic rings. The molecule has 0 radical (unpaired) electrons. The molecule has 0 spiro atoms. The van der Waals surface area contributed by atoms with Crippen LogP contribution in [0.2, 0.25) is 0 Å². The van der Waals surface area contributed by atoms with Crippen LogP contribution in [0.5, 0.6) is 5.75 Å². The van der Waals surface area contributed by atoms with Crippen molar-refractivity contribution in [3.05, 3.63) is 76.4 Å². The van der Waals surface area contributed by atoms with Crippen molar-refractivity contribution < 1.29 is 17.9 Å². The Balaban J connectivity index is 1.44. The maximum absolute atomic E-state index is 12.4. The van der Waals surface area contributed by atoms with Crippen LogP contribution in [0.3, 0.4) is 0 Å². The first kappa shape index (κ1) is 21.0. The van der Waals surface area contributed by atoms with Crippen molar-refractivity contribution in [1.82, 2.24) is 0 Å². The maximum Gasteiger partial charge on any atom is 0.573 e. The van der Waals surface area contributed by atoms with E-state index in [1.54, 1.807) is 23.3 Å². The summed E-state index contributed by atoms with van der Waals surface area (Å²) < 4.78 is 41.1. The molecule has 0 saturated heterocycles. The Labute approximate surface area is 177 Å². The summed E-state index contributed by atoms with van der Waals surface area (Å²) in [7, 11) is 0. The van der Waals surface area contributed by atoms with Crippen molar-refractivity contribution >= 4 is 0 Å². The molecule has 0 N–H and O–H groups in total. The van der Waals surface area contributed by atoms with Gasteiger partial charge in [-0.15, -0.1) is 13.2 Å². The molecule has 0 bridgehead atoms. The van der Waals surface area contributed by atoms with E-state index >= 15 is 0 Å². The SMILES string of the molecule is C/C=C/CCC1CCc2c(ccc3c2CCC(c2ccc(OC(F)(F)F)cc2)C3)C1. The van der Waals surface area contributed by atoms with E-state index in [1.165, 1.54) is 55.4 Å². The van der Waals surface area contributed by atoms with Crippen LogP contribution in [0.25, 0.3) is 0 Å². The summed E-state index contributed by atoms with van der Waals surface area (Å²) in [4.78, 5) is 0. The minimum Gasteiger partial charge on any atom is -0.406 e. The third-order valence-electron chi connectivity index (χ3n) is 6.71. The number of fused-ring (bicyclic) bond motifs is 3. The molecule has 1 nitrogen and oxygen atoms in total. The highest BCUT2D eigenvalue weighted by Gasteiger charge is 2.31. The first-order chi connectivity index (χ1) is 14.4. The number of alkyl halides is 3. The summed E-state index contributed by atoms with van der Waals surface area (Å²) in [6, 6.07) is 11.1. The van der Waals surface area contributed by atoms with Gasteiger partial charge in [0.15, 0.2) is 0 Å². The van der Waals surface area contributed by atoms with Crippen molar-refractivity contribution in [2.45, 2.75) is 70.6 Å². The van der Waals surface area contributed by atoms with Crippen LogP contribution in [0.1, 0.15) is 66.3 Å². The molecule has 0 fully saturated rings. The molecule has 0 amide bonds. The van der Waals surface area contributed by atoms with E-state index < -0.39 is 6.36 Å². The molecular formula is C26H29F3O. The number of rotatable bonds is 5. The molecular weight excluding hydrogens is 385 g/mol. The van der Waals surface area contributed by atoms with Crippen molar-refractivity contribution in [3.63, 3.8) is 0 Å². The third kappa shape index (κ3) is 4.91. The first-order valence-electron chi connectivity index (χ1n) is 11.0. The largest absolute Gasteiger partial charge is 0.573 e. The van der Waals surface area contributed by atoms with E-state index in [-0.39, 0.29) is 5.75 Å². The van der Waals surface area contributed by atoms with E-state index in [0.29, 0.717) is 5.92 Å². The Kier molecular flexibility index (Phi) is 6.21. The second-order valence-electron chi connectivity index (χ2n) is 8.65. The number of benzene rings is 2. The van der Waals surface area contributed by atoms with Gasteiger partial charge in [-0.3, -0.25) is 0 Å². The van der Waals surface area contributed by atoms with Gasteiger partial charge in [0.05, 0.1) is 0 Å². The Morgan fingerprint density at radius 1 is 0.933 bits per heavy atom. The molecule has 0 aromatic heterocycles. The average molecular weight is 415 g/mol. The Bertz CT molecular complexity index is 896. The van der Waals surface area contributed by atoms with Crippen LogP contribution in [-0.4, -0.2) is 6.36 Å². The van der Waals surface area contributed by atoms with Crippen LogP contribution < -0.4 is 4.74 Å². The maximum atomic E-state index is 12.4. The summed E-state index contributed by atoms with van der Waals surface area (Å²) in [6.45, 7) is 2.08. The van der Waals surface area contributed by atoms with Crippen molar-refractivity contribution in [3.8, 4) is 5.75 Å². The van der Waals surface area contributed by atoms with Gasteiger partial charge in [-0.1, -0.05) is 36.4 Å². The van der Waals surface area contributed by atoms with Crippen LogP contribution >= 0.6 is 0 Å². The van der Waals surface area contributed by atoms with Gasteiger partial charge >= 0.3 is 6.36 Å². The molecule has 0 aliphatic heterocycles. The van der Waals surface area contributed by atoms with Gasteiger partial charge in [0.2, 0.25) is 0 Å². The number of hydrogen-bond acceptors (Lipinski definition) is 1. The monoisotopic (exact) mass is 414 g/mol. The topological polar surface area (TPSA) is 9.23 Å². The third-order valence-corrected chi connectivity index (χ3v) is 6.71. The lowest BCUT2D eigenvalue weighted by Gasteiger charge is -2.32. The molecule has 4 rings (SSSR count). The molecule has 30 heavy (non-hydrogen) atoms. The van der Waals surface area contributed by atoms with Gasteiger partial charge in [-0.25, -0.2) is 0 Å². The molecule has 2 aromatic carbocycles. The molecule has 2 unspecified atom stereocenters. The zero-order valence-electron chi connectivity index (χ0n) is 17.5. The molecule has 2 aliphatic rings. The highest BCUT2D eigenvalue weighted by molar-refractivity contribution is 5.45. The molecule has 2 aliphatic carbocycles. The summed E-state index contributed by atoms with van der Waals surface area (Å²) in [6.07, 6.45) is 8.96. The van der Waals surface area contributed by atoms with E-state index in [0.717, 1.165) is 30.7 Å². The number of allylic oxidation sites excluding steroid dienone is 2. The highest BCUT2D eigenvalue weighted by atomic mass is 19.4. The standard InChI is InChI=1S/C26H29F3O/c1-2-3-4-5-18-6-14-24-21(16-18)7-8-22-17-20(11-15-25(22)24)19-9-12-23(13-10-19)30-26(27,28)29/h2-3,7-10,12-13,18,20H,4-6,11,14-17H2,1H3/b3-2+. The van der Waals surface area contributed by atoms with Gasteiger partial charge in [-0.2, -0.15) is 0 Å². The summed E-state index contributed by atoms with van der Waals surface area (Å²) in [5, 5.41) is 0. The van der Waals surface area contributed by atoms with E-state index in [9.17, 15) is 13.2 Å². The number of halogens is 3. The second kappa shape index (κ2) is 8.87. The molecule has 0 saturated carbocycles. The number of ether oxygens (including phenoxy) is 1. The van der Waals surface area contributed by atoms with E-state index in [2.05, 4.69) is 35.9 Å². The summed E-state index contributed by atoms with van der Waals surface area (Å²) in [5.41, 5.74) is 7.19. The van der Waals surface area contributed by atoms with Crippen molar-refractivity contribution in [2.75, 3.05) is 0 Å². The summed E-state index contributed by atoms with van der Waals surface area (Å²) >= 11 is 0. The predicted octanol–water partition coefficient (Wildman–Crippen LogP) is 7.32. The normalized spacial score (nSPS) is 21.3. The first-order valence-corrected chi connectivity index (χ1v) is 11.0. The average Bonchev–Trinajstić information content (AvgIpc) is 2.73. The quantitative estimate of drug-likeness (QED) is 0.466. The lowest BCUT2D eigenvalue weighted by atomic mass is 9.73. The minimum atomic E-state index is -4.64. The fourth-order valence-electron chi connectivity index (χ4n) is 5.21. The highest BCUT2D eigenvalue weighted by Crippen LogP contribution is 2.39. The van der Waals surface area contributed by atoms with E-state index in [1.807, 2.05) is 0 Å². The number of hydrogen-bond donors (Lipinski definition) is 0. The smallest absolute Gasteiger partial charge is 0.406 e. The van der Waals surface area contributed by atoms with Crippen LogP contribution in [0, 0.1) is 5.92 Å². The lowest BCUT2D eigenvalue weighted by Crippen LogP contribution is -2.20. The fraction of sp³-hybridized carbons (Fsp3) is 0.462. The van der Waals surface area contributed by atoms with Gasteiger partial charge in [0, 0.05) is 0 Å². The van der Waals surface area contributed by atoms with Crippen LogP contribution in [-0.2, 0) is 25.7 Å². The summed E-state index contributed by atoms with van der Waals surface area (Å²) in [5.74, 6) is 0.994. The fourth-order valence-corrected chi connectivity index (χ4v) is 5.21. The lowest BCUT2D eigenvalue weighted by molar-refractivity contribution is -0.274. The minimum absolute atomic E-state index is 0.152. The second-order valence-corrected chi connectivity index (χ2v) is 8.65. The van der Waals surface area contributed by atoms with Crippen LogP contribution in [0.15, 0.2) is 48.6 Å². The van der Waals surface area contributed by atoms with E-state index in [4.69, 9.17) is 0 Å². The predicted molar refractivity (Wildman–Crippen MR) is 114 cm³/mol. The Morgan fingerprint density at radius 2 is 1.60 bits per heavy atom. The Hall–Kier alpha value is -2.23. The zero-order chi connectivity index (χ0) is 21.1. The van der Waals surface area contributed by atoms with Crippen molar-refractivity contribution in [2.24, 2.45) is 5.92 Å². The molecule has 160 valence electrons. The van der Waals surface area contributed by atoms with Crippen LogP contribution in [0.4, 0.5) is 13.2 Å². The van der Waals surface area contributed by atoms with Gasteiger partial charge in [0.1, 0.15) is 5.75 Å². The Morgan fingerprint density at radius 3 is 2.27 bits per heavy atom. The van der Waals surface area contributed by atoms with Crippen molar-refractivity contribution in [1.29, 1.82) is 0 Å². The molecule has 4 heteroatoms. The zero-order valence-corrected chi connectivity index (χ0v) is 17.5. The molecule has 2 atom stereocenters. The van der Waals surface area contributed by atoms with Gasteiger partial charge in [-0.05, 0) is 110 Å².